The van der Waals surface area contributed by atoms with Crippen LogP contribution in [-0.4, -0.2) is 0 Å². The maximum Gasteiger partial charge on any atom is 0.243 e. The normalized spacial score (nSPS) is 8.32. The van der Waals surface area contributed by atoms with Gasteiger partial charge in [0, 0.05) is 49.0 Å². The van der Waals surface area contributed by atoms with Crippen LogP contribution in [0.25, 0.3) is 4.85 Å². The van der Waals surface area contributed by atoms with Crippen LogP contribution in [0.4, 0.5) is 10.1 Å². The first kappa shape index (κ1) is 19.1. The summed E-state index contributed by atoms with van der Waals surface area (Å²) in [4.78, 5) is 2.83. The fraction of sp³-hybridized carbons (Fsp3) is 0. The lowest BCUT2D eigenvalue weighted by Crippen LogP contribution is -1.88. The smallest absolute Gasteiger partial charge is 0.233 e. The molecular weight excluding hydrogens is 410 g/mol. The van der Waals surface area contributed by atoms with Gasteiger partial charge in [-0.25, -0.2) is 9.24 Å². The molecule has 0 N–H and O–H groups in total. The molecule has 0 spiro atoms. The summed E-state index contributed by atoms with van der Waals surface area (Å²) in [5.74, 6) is -1.04. The Balaban J connectivity index is 0.000000555. The Bertz CT molecular complexity index is 654. The number of halogens is 4. The molecule has 0 fully saturated rings. The van der Waals surface area contributed by atoms with Crippen LogP contribution in [0.1, 0.15) is 5.56 Å². The molecule has 0 radical (unpaired) electrons. The van der Waals surface area contributed by atoms with E-state index in [4.69, 9.17) is 46.6 Å². The van der Waals surface area contributed by atoms with Gasteiger partial charge in [-0.1, -0.05) is 34.8 Å². The molecule has 0 saturated carbocycles. The van der Waals surface area contributed by atoms with Crippen molar-refractivity contribution in [3.05, 3.63) is 37.9 Å². The molecule has 0 aliphatic rings. The molecule has 1 aromatic rings. The highest BCUT2D eigenvalue weighted by molar-refractivity contribution is 8.59. The third kappa shape index (κ3) is 5.18. The molecule has 0 amide bonds. The van der Waals surface area contributed by atoms with E-state index in [0.717, 1.165) is 0 Å². The van der Waals surface area contributed by atoms with Gasteiger partial charge in [-0.2, -0.15) is 5.26 Å². The Labute approximate surface area is 142 Å². The monoisotopic (exact) mass is 408 g/mol. The van der Waals surface area contributed by atoms with Crippen LogP contribution in [0.5, 0.6) is 0 Å². The lowest BCUT2D eigenvalue weighted by molar-refractivity contribution is 0.630. The van der Waals surface area contributed by atoms with Crippen LogP contribution in [0.15, 0.2) is 0 Å². The summed E-state index contributed by atoms with van der Waals surface area (Å²) in [5, 5.41) is 7.82. The second kappa shape index (κ2) is 9.92. The van der Waals surface area contributed by atoms with E-state index in [-0.39, 0.29) is 15.1 Å². The standard InChI is InChI=1S/C8Cl3FN2.S5/c1-14-8-6(11)5(10)4(9)3(2-13)7(8)12;1-3-5-4-2. The van der Waals surface area contributed by atoms with E-state index in [1.54, 1.807) is 0 Å². The van der Waals surface area contributed by atoms with Crippen LogP contribution in [0, 0.1) is 23.7 Å². The topological polar surface area (TPSA) is 28.1 Å². The van der Waals surface area contributed by atoms with Crippen LogP contribution in [-0.2, 0) is 49.0 Å². The van der Waals surface area contributed by atoms with E-state index in [1.807, 2.05) is 0 Å². The average Bonchev–Trinajstić information content (AvgIpc) is 2.39. The molecule has 19 heavy (non-hydrogen) atoms. The highest BCUT2D eigenvalue weighted by Crippen LogP contribution is 2.42. The van der Waals surface area contributed by atoms with Gasteiger partial charge in [-0.3, -0.25) is 0 Å². The van der Waals surface area contributed by atoms with E-state index in [1.165, 1.54) is 32.7 Å². The van der Waals surface area contributed by atoms with Crippen molar-refractivity contribution in [2.45, 2.75) is 0 Å². The first-order valence-corrected chi connectivity index (χ1v) is 10.3. The highest BCUT2D eigenvalue weighted by atomic mass is 35.5. The molecule has 0 atom stereocenters. The summed E-state index contributed by atoms with van der Waals surface area (Å²) >= 11 is 25.6. The number of benzene rings is 1. The minimum Gasteiger partial charge on any atom is -0.233 e. The number of rotatable bonds is 0. The Kier molecular flexibility index (Phi) is 9.97. The van der Waals surface area contributed by atoms with Gasteiger partial charge < -0.3 is 0 Å². The molecular formula is C8Cl3FN2S5. The summed E-state index contributed by atoms with van der Waals surface area (Å²) < 4.78 is 13.3. The van der Waals surface area contributed by atoms with Crippen LogP contribution < -0.4 is 0 Å². The van der Waals surface area contributed by atoms with Gasteiger partial charge in [0.25, 0.3) is 0 Å². The minimum atomic E-state index is -1.04. The summed E-state index contributed by atoms with van der Waals surface area (Å²) in [6.07, 6.45) is 0. The average molecular weight is 410 g/mol. The second-order valence-electron chi connectivity index (χ2n) is 2.41. The highest BCUT2D eigenvalue weighted by Gasteiger charge is 2.21. The van der Waals surface area contributed by atoms with Gasteiger partial charge >= 0.3 is 0 Å². The molecule has 0 aliphatic carbocycles. The zero-order chi connectivity index (χ0) is 15.0. The zero-order valence-electron chi connectivity index (χ0n) is 8.45. The number of hydrogen-bond acceptors (Lipinski definition) is 3. The van der Waals surface area contributed by atoms with E-state index >= 15 is 0 Å². The molecule has 0 bridgehead atoms. The molecule has 0 saturated heterocycles. The Morgan fingerprint density at radius 2 is 1.68 bits per heavy atom. The lowest BCUT2D eigenvalue weighted by atomic mass is 10.2. The quantitative estimate of drug-likeness (QED) is 0.365. The van der Waals surface area contributed by atoms with Gasteiger partial charge in [-0.15, -0.1) is 0 Å². The zero-order valence-corrected chi connectivity index (χ0v) is 14.8. The Morgan fingerprint density at radius 1 is 1.16 bits per heavy atom. The molecule has 1 rings (SSSR count). The first-order chi connectivity index (χ1) is 8.95. The van der Waals surface area contributed by atoms with Gasteiger partial charge in [-0.05, 0) is 0 Å². The largest absolute Gasteiger partial charge is 0.243 e. The van der Waals surface area contributed by atoms with Crippen molar-refractivity contribution in [1.29, 1.82) is 5.26 Å². The summed E-state index contributed by atoms with van der Waals surface area (Å²) in [7, 11) is 3.95. The molecule has 0 heterocycles. The SMILES string of the molecule is S=S=S=S=S.[C-]#[N+]c1c(F)c(C#N)c(Cl)c(Cl)c1Cl. The van der Waals surface area contributed by atoms with Gasteiger partial charge in [0.05, 0.1) is 27.2 Å². The van der Waals surface area contributed by atoms with Crippen molar-refractivity contribution in [3.63, 3.8) is 0 Å². The molecule has 0 aromatic heterocycles. The second-order valence-corrected chi connectivity index (χ2v) is 8.85. The maximum absolute atomic E-state index is 13.3. The fourth-order valence-corrected chi connectivity index (χ4v) is 4.24. The van der Waals surface area contributed by atoms with Crippen LogP contribution in [0.2, 0.25) is 15.1 Å². The van der Waals surface area contributed by atoms with Gasteiger partial charge in [0.1, 0.15) is 6.07 Å². The number of nitriles is 1. The lowest BCUT2D eigenvalue weighted by Gasteiger charge is -2.05. The van der Waals surface area contributed by atoms with Crippen molar-refractivity contribution in [2.75, 3.05) is 0 Å². The minimum absolute atomic E-state index is 0.183. The van der Waals surface area contributed by atoms with Crippen molar-refractivity contribution < 1.29 is 4.39 Å². The molecule has 100 valence electrons. The van der Waals surface area contributed by atoms with Crippen molar-refractivity contribution >= 4 is 89.5 Å². The first-order valence-electron chi connectivity index (χ1n) is 3.84. The molecule has 0 aliphatic heterocycles. The Hall–Kier alpha value is 0.100. The van der Waals surface area contributed by atoms with E-state index < -0.39 is 17.1 Å². The van der Waals surface area contributed by atoms with Gasteiger partial charge in [0.2, 0.25) is 5.69 Å². The summed E-state index contributed by atoms with van der Waals surface area (Å²) in [6.45, 7) is 6.65. The number of hydrogen-bond donors (Lipinski definition) is 0. The van der Waals surface area contributed by atoms with Crippen molar-refractivity contribution in [1.82, 2.24) is 0 Å². The van der Waals surface area contributed by atoms with Crippen LogP contribution >= 0.6 is 34.8 Å². The van der Waals surface area contributed by atoms with E-state index in [0.29, 0.717) is 0 Å². The van der Waals surface area contributed by atoms with Crippen LogP contribution in [0.3, 0.4) is 0 Å². The third-order valence-electron chi connectivity index (χ3n) is 1.52. The summed E-state index contributed by atoms with van der Waals surface area (Å²) in [6, 6.07) is 1.51. The molecule has 2 nitrogen and oxygen atoms in total. The molecule has 1 aromatic carbocycles. The molecule has 11 heteroatoms. The van der Waals surface area contributed by atoms with Gasteiger partial charge in [0.15, 0.2) is 5.82 Å². The predicted molar refractivity (Wildman–Crippen MR) is 89.2 cm³/mol. The van der Waals surface area contributed by atoms with Crippen molar-refractivity contribution in [3.8, 4) is 6.07 Å². The third-order valence-corrected chi connectivity index (χ3v) is 7.28. The predicted octanol–water partition coefficient (Wildman–Crippen LogP) is 4.20. The fourth-order valence-electron chi connectivity index (χ4n) is 0.829. The Morgan fingerprint density at radius 3 is 2.00 bits per heavy atom. The van der Waals surface area contributed by atoms with E-state index in [9.17, 15) is 4.39 Å². The summed E-state index contributed by atoms with van der Waals surface area (Å²) in [5.41, 5.74) is -0.954. The number of nitrogens with zero attached hydrogens (tertiary/aromatic N) is 2. The maximum atomic E-state index is 13.3. The van der Waals surface area contributed by atoms with E-state index in [2.05, 4.69) is 27.2 Å². The van der Waals surface area contributed by atoms with Crippen molar-refractivity contribution in [2.24, 2.45) is 0 Å². The molecule has 0 unspecified atom stereocenters.